The fourth-order valence-corrected chi connectivity index (χ4v) is 4.32. The van der Waals surface area contributed by atoms with Crippen LogP contribution in [0.5, 0.6) is 0 Å². The molecule has 2 aliphatic heterocycles. The van der Waals surface area contributed by atoms with E-state index in [9.17, 15) is 48.9 Å². The fourth-order valence-electron chi connectivity index (χ4n) is 4.32. The number of carbonyl (C=O) groups is 7. The number of hydrogen-bond acceptors (Lipinski definition) is 15. The number of aliphatic hydroxyl groups excluding tert-OH is 3. The number of guanidine groups is 1. The van der Waals surface area contributed by atoms with Gasteiger partial charge in [0.25, 0.3) is 17.7 Å². The molecule has 0 unspecified atom stereocenters. The van der Waals surface area contributed by atoms with Crippen LogP contribution in [0.25, 0.3) is 0 Å². The molecule has 2 aliphatic rings. The average molecular weight is 684 g/mol. The van der Waals surface area contributed by atoms with E-state index in [4.69, 9.17) is 22.9 Å². The topological polar surface area (TPSA) is 394 Å². The smallest absolute Gasteiger partial charge is 0.312 e. The molecule has 266 valence electrons. The highest BCUT2D eigenvalue weighted by Crippen LogP contribution is 2.11. The predicted octanol–water partition coefficient (Wildman–Crippen LogP) is -8.39. The van der Waals surface area contributed by atoms with Crippen molar-refractivity contribution in [2.45, 2.75) is 68.2 Å². The molecule has 48 heavy (non-hydrogen) atoms. The summed E-state index contributed by atoms with van der Waals surface area (Å²) in [6.45, 7) is -2.56. The molecule has 0 spiro atoms. The number of aliphatic hydroxyl groups is 3. The van der Waals surface area contributed by atoms with Crippen LogP contribution in [0.2, 0.25) is 0 Å². The normalized spacial score (nSPS) is 26.6. The van der Waals surface area contributed by atoms with Gasteiger partial charge in [-0.1, -0.05) is 0 Å². The summed E-state index contributed by atoms with van der Waals surface area (Å²) in [5.41, 5.74) is 21.4. The number of nitrogens with zero attached hydrogens (tertiary/aromatic N) is 3. The van der Waals surface area contributed by atoms with Crippen LogP contribution in [0.15, 0.2) is 15.0 Å². The van der Waals surface area contributed by atoms with Gasteiger partial charge in [-0.2, -0.15) is 0 Å². The third kappa shape index (κ3) is 12.3. The van der Waals surface area contributed by atoms with Gasteiger partial charge in [-0.15, -0.1) is 0 Å². The van der Waals surface area contributed by atoms with Crippen LogP contribution in [-0.2, 0) is 28.8 Å². The number of nitrogens with two attached hydrogens (primary N) is 4. The first-order chi connectivity index (χ1) is 22.7. The number of amides is 8. The molecule has 0 aliphatic carbocycles. The van der Waals surface area contributed by atoms with Crippen LogP contribution < -0.4 is 54.8 Å². The molecular weight excluding hydrogens is 642 g/mol. The van der Waals surface area contributed by atoms with E-state index in [0.29, 0.717) is 25.6 Å². The number of rotatable bonds is 11. The van der Waals surface area contributed by atoms with E-state index in [1.807, 2.05) is 5.32 Å². The minimum atomic E-state index is -1.83. The Labute approximate surface area is 272 Å². The minimum absolute atomic E-state index is 0.279. The van der Waals surface area contributed by atoms with Crippen LogP contribution in [0.1, 0.15) is 25.7 Å². The van der Waals surface area contributed by atoms with Gasteiger partial charge < -0.3 is 70.2 Å². The maximum atomic E-state index is 13.5. The van der Waals surface area contributed by atoms with Crippen molar-refractivity contribution in [3.63, 3.8) is 0 Å². The Balaban J connectivity index is 2.61. The zero-order chi connectivity index (χ0) is 36.0. The van der Waals surface area contributed by atoms with Gasteiger partial charge in [0.05, 0.1) is 25.8 Å². The first kappa shape index (κ1) is 39.1. The number of nitrogens with one attached hydrogen (secondary N) is 6. The van der Waals surface area contributed by atoms with Gasteiger partial charge in [0.15, 0.2) is 12.2 Å². The molecule has 23 heteroatoms. The van der Waals surface area contributed by atoms with E-state index in [2.05, 4.69) is 41.6 Å². The molecule has 0 aromatic rings. The Bertz CT molecular complexity index is 1320. The number of aliphatic imine (C=N–C) groups is 3. The molecule has 0 saturated carbocycles. The molecule has 0 aromatic carbocycles. The third-order valence-electron chi connectivity index (χ3n) is 6.77. The van der Waals surface area contributed by atoms with Gasteiger partial charge in [-0.05, 0) is 19.4 Å². The van der Waals surface area contributed by atoms with Crippen LogP contribution in [0, 0.1) is 0 Å². The summed E-state index contributed by atoms with van der Waals surface area (Å²) in [5, 5.41) is 43.2. The van der Waals surface area contributed by atoms with E-state index in [1.165, 1.54) is 0 Å². The van der Waals surface area contributed by atoms with Crippen molar-refractivity contribution >= 4 is 59.4 Å². The van der Waals surface area contributed by atoms with E-state index in [-0.39, 0.29) is 18.8 Å². The molecule has 17 N–H and O–H groups in total. The largest absolute Gasteiger partial charge is 0.394 e. The monoisotopic (exact) mass is 683 g/mol. The first-order valence-corrected chi connectivity index (χ1v) is 14.6. The predicted molar refractivity (Wildman–Crippen MR) is 165 cm³/mol. The van der Waals surface area contributed by atoms with Crippen LogP contribution in [0.4, 0.5) is 4.79 Å². The SMILES string of the molecule is NCCC[C@H](N)CC(=O)N[C@H]1C=NC(=O)[C@H]([C@H]2C[C@H](O)N=C(N)N2)NC(=O)C(CNC(N)=O)=NC(=O)[C@H](CO)NC(=O)[C@H](CO)NC1=O. The second-order valence-corrected chi connectivity index (χ2v) is 10.6. The summed E-state index contributed by atoms with van der Waals surface area (Å²) in [5.74, 6) is -7.17. The molecule has 8 amide bonds. The van der Waals surface area contributed by atoms with Crippen molar-refractivity contribution in [2.24, 2.45) is 37.9 Å². The van der Waals surface area contributed by atoms with Gasteiger partial charge in [0.2, 0.25) is 17.7 Å². The van der Waals surface area contributed by atoms with Crippen LogP contribution in [0.3, 0.4) is 0 Å². The van der Waals surface area contributed by atoms with Crippen molar-refractivity contribution in [1.82, 2.24) is 31.9 Å². The Hall–Kier alpha value is -5.10. The molecule has 0 aromatic heterocycles. The van der Waals surface area contributed by atoms with Crippen LogP contribution in [-0.4, -0.2) is 143 Å². The lowest BCUT2D eigenvalue weighted by molar-refractivity contribution is -0.133. The van der Waals surface area contributed by atoms with Crippen molar-refractivity contribution in [2.75, 3.05) is 26.3 Å². The minimum Gasteiger partial charge on any atom is -0.394 e. The summed E-state index contributed by atoms with van der Waals surface area (Å²) < 4.78 is 0. The Morgan fingerprint density at radius 2 is 1.67 bits per heavy atom. The molecule has 0 radical (unpaired) electrons. The highest BCUT2D eigenvalue weighted by molar-refractivity contribution is 6.42. The van der Waals surface area contributed by atoms with Gasteiger partial charge in [-0.25, -0.2) is 19.8 Å². The number of urea groups is 1. The van der Waals surface area contributed by atoms with Crippen molar-refractivity contribution < 1.29 is 48.9 Å². The first-order valence-electron chi connectivity index (χ1n) is 14.6. The Morgan fingerprint density at radius 1 is 1.00 bits per heavy atom. The summed E-state index contributed by atoms with van der Waals surface area (Å²) in [6.07, 6.45) is -0.440. The molecule has 0 fully saturated rings. The molecule has 2 heterocycles. The molecule has 0 bridgehead atoms. The van der Waals surface area contributed by atoms with Gasteiger partial charge in [-0.3, -0.25) is 28.8 Å². The molecule has 7 atom stereocenters. The van der Waals surface area contributed by atoms with E-state index in [0.717, 1.165) is 0 Å². The van der Waals surface area contributed by atoms with Crippen LogP contribution >= 0.6 is 0 Å². The van der Waals surface area contributed by atoms with Crippen molar-refractivity contribution in [1.29, 1.82) is 0 Å². The van der Waals surface area contributed by atoms with Gasteiger partial charge in [0, 0.05) is 25.1 Å². The van der Waals surface area contributed by atoms with Crippen molar-refractivity contribution in [3.05, 3.63) is 0 Å². The van der Waals surface area contributed by atoms with Crippen molar-refractivity contribution in [3.8, 4) is 0 Å². The molecule has 2 rings (SSSR count). The lowest BCUT2D eigenvalue weighted by Crippen LogP contribution is -2.61. The maximum Gasteiger partial charge on any atom is 0.312 e. The summed E-state index contributed by atoms with van der Waals surface area (Å²) >= 11 is 0. The van der Waals surface area contributed by atoms with E-state index < -0.39 is 109 Å². The highest BCUT2D eigenvalue weighted by atomic mass is 16.3. The van der Waals surface area contributed by atoms with Gasteiger partial charge in [0.1, 0.15) is 29.9 Å². The second kappa shape index (κ2) is 18.9. The molecular formula is C25H41N13O10. The Kier molecular flexibility index (Phi) is 15.4. The number of primary amides is 1. The van der Waals surface area contributed by atoms with E-state index >= 15 is 0 Å². The highest BCUT2D eigenvalue weighted by Gasteiger charge is 2.36. The lowest BCUT2D eigenvalue weighted by Gasteiger charge is -2.31. The quantitative estimate of drug-likeness (QED) is 0.0962. The zero-order valence-corrected chi connectivity index (χ0v) is 25.6. The fraction of sp³-hybridized carbons (Fsp3) is 0.600. The molecule has 0 saturated heterocycles. The van der Waals surface area contributed by atoms with Gasteiger partial charge >= 0.3 is 6.03 Å². The zero-order valence-electron chi connectivity index (χ0n) is 25.6. The lowest BCUT2D eigenvalue weighted by atomic mass is 10.0. The summed E-state index contributed by atoms with van der Waals surface area (Å²) in [7, 11) is 0. The average Bonchev–Trinajstić information content (AvgIpc) is 3.02. The number of carbonyl (C=O) groups excluding carboxylic acids is 7. The Morgan fingerprint density at radius 3 is 2.27 bits per heavy atom. The number of hydrogen-bond donors (Lipinski definition) is 13. The maximum absolute atomic E-state index is 13.5. The summed E-state index contributed by atoms with van der Waals surface area (Å²) in [4.78, 5) is 101. The third-order valence-corrected chi connectivity index (χ3v) is 6.77. The van der Waals surface area contributed by atoms with E-state index in [1.54, 1.807) is 0 Å². The summed E-state index contributed by atoms with van der Waals surface area (Å²) in [6, 6.07) is -10.1. The molecule has 23 nitrogen and oxygen atoms in total. The standard InChI is InChI=1S/C25H41N13O10/c26-3-1-2-10(27)4-16(41)32-12-6-30-23(47)18(11-5-17(42)37-24(28)36-11)38-20(44)13(7-31-25(29)48)33-21(45)14(8-39)35-22(46)15(9-40)34-19(12)43/h6,10-12,14-15,17-18,39-40,42H,1-5,7-9,26-27H2,(H,32,41)(H,34,43)(H,35,46)(H,38,44)(H3,28,36,37)(H3,29,31,48)/t10-,11+,12-,14-,15-,17-,18-/m0/s1. The second-order valence-electron chi connectivity index (χ2n) is 10.6.